The number of benzene rings is 2. The summed E-state index contributed by atoms with van der Waals surface area (Å²) in [4.78, 5) is 11.0. The van der Waals surface area contributed by atoms with Crippen LogP contribution in [-0.4, -0.2) is 12.6 Å². The zero-order valence-electron chi connectivity index (χ0n) is 13.4. The first-order valence-corrected chi connectivity index (χ1v) is 7.55. The lowest BCUT2D eigenvalue weighted by molar-refractivity contribution is -0.138. The molecule has 0 aliphatic carbocycles. The second kappa shape index (κ2) is 9.33. The normalized spacial score (nSPS) is 10.0. The van der Waals surface area contributed by atoms with Crippen LogP contribution in [-0.2, 0) is 27.5 Å². The van der Waals surface area contributed by atoms with Gasteiger partial charge in [-0.3, -0.25) is 0 Å². The summed E-state index contributed by atoms with van der Waals surface area (Å²) in [6, 6.07) is 15.1. The van der Waals surface area contributed by atoms with Gasteiger partial charge in [-0.15, -0.1) is 6.58 Å². The van der Waals surface area contributed by atoms with Crippen LogP contribution in [0.25, 0.3) is 0 Å². The Bertz CT molecular complexity index is 672. The molecule has 2 aromatic carbocycles. The highest BCUT2D eigenvalue weighted by Crippen LogP contribution is 2.22. The molecule has 2 aromatic rings. The van der Waals surface area contributed by atoms with E-state index in [2.05, 4.69) is 13.2 Å². The Hall–Kier alpha value is -2.85. The lowest BCUT2D eigenvalue weighted by Crippen LogP contribution is -1.99. The first kappa shape index (κ1) is 17.5. The number of rotatable bonds is 9. The summed E-state index contributed by atoms with van der Waals surface area (Å²) in [5.74, 6) is 1.02. The molecule has 0 saturated carbocycles. The quantitative estimate of drug-likeness (QED) is 0.297. The standard InChI is InChI=1S/C20H20O4/c1-3-13-22-14-16-5-9-18(10-6-16)24-19-11-7-17(8-12-19)15-23-20(21)4-2/h3-12H,1-2,13-15H2. The van der Waals surface area contributed by atoms with E-state index in [1.807, 2.05) is 48.5 Å². The highest BCUT2D eigenvalue weighted by atomic mass is 16.5. The van der Waals surface area contributed by atoms with Crippen molar-refractivity contribution in [1.82, 2.24) is 0 Å². The maximum atomic E-state index is 11.0. The van der Waals surface area contributed by atoms with E-state index in [1.165, 1.54) is 0 Å². The monoisotopic (exact) mass is 324 g/mol. The Kier molecular flexibility index (Phi) is 6.80. The zero-order valence-corrected chi connectivity index (χ0v) is 13.4. The third kappa shape index (κ3) is 5.74. The number of esters is 1. The van der Waals surface area contributed by atoms with Crippen molar-refractivity contribution < 1.29 is 19.0 Å². The molecule has 0 aliphatic rings. The molecule has 0 radical (unpaired) electrons. The number of carbonyl (C=O) groups excluding carboxylic acids is 1. The van der Waals surface area contributed by atoms with Gasteiger partial charge in [-0.2, -0.15) is 0 Å². The van der Waals surface area contributed by atoms with E-state index in [4.69, 9.17) is 14.2 Å². The van der Waals surface area contributed by atoms with E-state index < -0.39 is 5.97 Å². The van der Waals surface area contributed by atoms with Crippen molar-refractivity contribution in [2.45, 2.75) is 13.2 Å². The Labute approximate surface area is 142 Å². The summed E-state index contributed by atoms with van der Waals surface area (Å²) in [5, 5.41) is 0. The van der Waals surface area contributed by atoms with Crippen molar-refractivity contribution in [3.63, 3.8) is 0 Å². The molecular weight excluding hydrogens is 304 g/mol. The molecule has 24 heavy (non-hydrogen) atoms. The topological polar surface area (TPSA) is 44.8 Å². The lowest BCUT2D eigenvalue weighted by atomic mass is 10.2. The molecule has 4 heteroatoms. The molecule has 0 atom stereocenters. The van der Waals surface area contributed by atoms with E-state index in [0.717, 1.165) is 23.0 Å². The van der Waals surface area contributed by atoms with Gasteiger partial charge in [-0.05, 0) is 35.4 Å². The fourth-order valence-corrected chi connectivity index (χ4v) is 1.92. The average Bonchev–Trinajstić information content (AvgIpc) is 2.62. The molecule has 0 fully saturated rings. The van der Waals surface area contributed by atoms with Gasteiger partial charge in [0.1, 0.15) is 18.1 Å². The summed E-state index contributed by atoms with van der Waals surface area (Å²) >= 11 is 0. The Balaban J connectivity index is 1.87. The van der Waals surface area contributed by atoms with E-state index in [-0.39, 0.29) is 6.61 Å². The molecule has 0 spiro atoms. The van der Waals surface area contributed by atoms with E-state index in [1.54, 1.807) is 6.08 Å². The summed E-state index contributed by atoms with van der Waals surface area (Å²) in [5.41, 5.74) is 1.95. The van der Waals surface area contributed by atoms with Crippen molar-refractivity contribution in [1.29, 1.82) is 0 Å². The second-order valence-corrected chi connectivity index (χ2v) is 5.01. The third-order valence-electron chi connectivity index (χ3n) is 3.13. The molecule has 0 unspecified atom stereocenters. The van der Waals surface area contributed by atoms with E-state index in [0.29, 0.717) is 19.0 Å². The molecule has 124 valence electrons. The second-order valence-electron chi connectivity index (χ2n) is 5.01. The smallest absolute Gasteiger partial charge is 0.330 e. The number of hydrogen-bond acceptors (Lipinski definition) is 4. The highest BCUT2D eigenvalue weighted by molar-refractivity contribution is 5.81. The fourth-order valence-electron chi connectivity index (χ4n) is 1.92. The fraction of sp³-hybridized carbons (Fsp3) is 0.150. The van der Waals surface area contributed by atoms with Crippen molar-refractivity contribution in [3.8, 4) is 11.5 Å². The third-order valence-corrected chi connectivity index (χ3v) is 3.13. The van der Waals surface area contributed by atoms with Gasteiger partial charge in [-0.1, -0.05) is 36.9 Å². The van der Waals surface area contributed by atoms with Crippen LogP contribution in [0, 0.1) is 0 Å². The first-order valence-electron chi connectivity index (χ1n) is 7.55. The molecule has 4 nitrogen and oxygen atoms in total. The van der Waals surface area contributed by atoms with E-state index in [9.17, 15) is 4.79 Å². The summed E-state index contributed by atoms with van der Waals surface area (Å²) < 4.78 is 16.1. The van der Waals surface area contributed by atoms with Crippen LogP contribution in [0.3, 0.4) is 0 Å². The summed E-state index contributed by atoms with van der Waals surface area (Å²) in [7, 11) is 0. The molecule has 0 heterocycles. The maximum absolute atomic E-state index is 11.0. The van der Waals surface area contributed by atoms with Gasteiger partial charge >= 0.3 is 5.97 Å². The summed E-state index contributed by atoms with van der Waals surface area (Å²) in [6.45, 7) is 8.26. The average molecular weight is 324 g/mol. The molecule has 0 aromatic heterocycles. The summed E-state index contributed by atoms with van der Waals surface area (Å²) in [6.07, 6.45) is 2.86. The number of ether oxygens (including phenoxy) is 3. The zero-order chi connectivity index (χ0) is 17.2. The SMILES string of the molecule is C=CCOCc1ccc(Oc2ccc(COC(=O)C=C)cc2)cc1. The van der Waals surface area contributed by atoms with Gasteiger partial charge < -0.3 is 14.2 Å². The molecule has 0 N–H and O–H groups in total. The molecular formula is C20H20O4. The minimum atomic E-state index is -0.438. The van der Waals surface area contributed by atoms with Crippen molar-refractivity contribution >= 4 is 5.97 Å². The van der Waals surface area contributed by atoms with Crippen molar-refractivity contribution in [2.24, 2.45) is 0 Å². The van der Waals surface area contributed by atoms with Gasteiger partial charge in [0.15, 0.2) is 0 Å². The van der Waals surface area contributed by atoms with Gasteiger partial charge in [0, 0.05) is 6.08 Å². The predicted molar refractivity (Wildman–Crippen MR) is 92.8 cm³/mol. The van der Waals surface area contributed by atoms with Crippen LogP contribution in [0.15, 0.2) is 73.8 Å². The van der Waals surface area contributed by atoms with Gasteiger partial charge in [0.2, 0.25) is 0 Å². The van der Waals surface area contributed by atoms with Crippen molar-refractivity contribution in [2.75, 3.05) is 6.61 Å². The molecule has 0 bridgehead atoms. The molecule has 2 rings (SSSR count). The predicted octanol–water partition coefficient (Wildman–Crippen LogP) is 4.41. The maximum Gasteiger partial charge on any atom is 0.330 e. The Morgan fingerprint density at radius 2 is 1.42 bits per heavy atom. The number of carbonyl (C=O) groups is 1. The minimum absolute atomic E-state index is 0.213. The van der Waals surface area contributed by atoms with E-state index >= 15 is 0 Å². The molecule has 0 aliphatic heterocycles. The Morgan fingerprint density at radius 3 is 1.92 bits per heavy atom. The van der Waals surface area contributed by atoms with Crippen LogP contribution >= 0.6 is 0 Å². The van der Waals surface area contributed by atoms with Crippen molar-refractivity contribution in [3.05, 3.63) is 85.0 Å². The van der Waals surface area contributed by atoms with Crippen LogP contribution < -0.4 is 4.74 Å². The van der Waals surface area contributed by atoms with Crippen LogP contribution in [0.4, 0.5) is 0 Å². The van der Waals surface area contributed by atoms with Crippen LogP contribution in [0.5, 0.6) is 11.5 Å². The largest absolute Gasteiger partial charge is 0.458 e. The van der Waals surface area contributed by atoms with Crippen LogP contribution in [0.1, 0.15) is 11.1 Å². The minimum Gasteiger partial charge on any atom is -0.458 e. The highest BCUT2D eigenvalue weighted by Gasteiger charge is 2.01. The van der Waals surface area contributed by atoms with Gasteiger partial charge in [0.05, 0.1) is 13.2 Å². The van der Waals surface area contributed by atoms with Crippen LogP contribution in [0.2, 0.25) is 0 Å². The van der Waals surface area contributed by atoms with Gasteiger partial charge in [-0.25, -0.2) is 4.79 Å². The Morgan fingerprint density at radius 1 is 0.875 bits per heavy atom. The molecule has 0 amide bonds. The molecule has 0 saturated heterocycles. The van der Waals surface area contributed by atoms with Gasteiger partial charge in [0.25, 0.3) is 0 Å². The number of hydrogen-bond donors (Lipinski definition) is 0. The first-order chi connectivity index (χ1) is 11.7. The lowest BCUT2D eigenvalue weighted by Gasteiger charge is -2.08.